The molecular weight excluding hydrogens is 208 g/mol. The molecule has 2 aromatic rings. The minimum Gasteiger partial charge on any atom is -0.472 e. The molecule has 0 saturated heterocycles. The predicted octanol–water partition coefficient (Wildman–Crippen LogP) is 2.38. The molecule has 0 aliphatic heterocycles. The summed E-state index contributed by atoms with van der Waals surface area (Å²) in [5.41, 5.74) is 2.30. The van der Waals surface area contributed by atoms with Crippen molar-refractivity contribution in [3.63, 3.8) is 0 Å². The fraction of sp³-hybridized carbons (Fsp3) is 0.364. The number of nitrogens with one attached hydrogen (secondary N) is 1. The van der Waals surface area contributed by atoms with Crippen molar-refractivity contribution in [1.29, 1.82) is 0 Å². The summed E-state index contributed by atoms with van der Waals surface area (Å²) >= 11 is 1.73. The van der Waals surface area contributed by atoms with Crippen LogP contribution in [-0.2, 0) is 13.0 Å². The van der Waals surface area contributed by atoms with E-state index in [1.54, 1.807) is 23.9 Å². The molecule has 0 atom stereocenters. The van der Waals surface area contributed by atoms with Crippen LogP contribution in [0.4, 0.5) is 0 Å². The van der Waals surface area contributed by atoms with Crippen LogP contribution in [0.2, 0.25) is 0 Å². The van der Waals surface area contributed by atoms with Gasteiger partial charge in [-0.3, -0.25) is 0 Å². The largest absolute Gasteiger partial charge is 0.472 e. The summed E-state index contributed by atoms with van der Waals surface area (Å²) in [7, 11) is 0. The zero-order valence-electron chi connectivity index (χ0n) is 8.69. The van der Waals surface area contributed by atoms with Crippen LogP contribution >= 0.6 is 11.3 Å². The molecule has 2 aromatic heterocycles. The highest BCUT2D eigenvalue weighted by molar-refractivity contribution is 7.09. The Morgan fingerprint density at radius 3 is 3.13 bits per heavy atom. The van der Waals surface area contributed by atoms with E-state index in [-0.39, 0.29) is 0 Å². The third-order valence-electron chi connectivity index (χ3n) is 2.09. The highest BCUT2D eigenvalue weighted by atomic mass is 32.1. The molecule has 3 nitrogen and oxygen atoms in total. The van der Waals surface area contributed by atoms with Crippen LogP contribution in [0.1, 0.15) is 16.3 Å². The quantitative estimate of drug-likeness (QED) is 0.789. The maximum absolute atomic E-state index is 4.98. The van der Waals surface area contributed by atoms with Crippen LogP contribution in [0.5, 0.6) is 0 Å². The molecule has 0 radical (unpaired) electrons. The van der Waals surface area contributed by atoms with Gasteiger partial charge >= 0.3 is 0 Å². The molecule has 0 saturated carbocycles. The van der Waals surface area contributed by atoms with Crippen molar-refractivity contribution in [2.24, 2.45) is 0 Å². The normalized spacial score (nSPS) is 10.7. The molecule has 4 heteroatoms. The van der Waals surface area contributed by atoms with Crippen molar-refractivity contribution in [2.75, 3.05) is 6.54 Å². The fourth-order valence-electron chi connectivity index (χ4n) is 1.34. The number of aromatic nitrogens is 1. The molecule has 0 aliphatic rings. The first-order valence-corrected chi connectivity index (χ1v) is 5.85. The van der Waals surface area contributed by atoms with Gasteiger partial charge in [0, 0.05) is 36.1 Å². The summed E-state index contributed by atoms with van der Waals surface area (Å²) in [4.78, 5) is 4.41. The van der Waals surface area contributed by atoms with Gasteiger partial charge in [0.1, 0.15) is 0 Å². The van der Waals surface area contributed by atoms with E-state index in [4.69, 9.17) is 4.42 Å². The van der Waals surface area contributed by atoms with Crippen LogP contribution in [0.25, 0.3) is 0 Å². The van der Waals surface area contributed by atoms with Gasteiger partial charge in [0.2, 0.25) is 0 Å². The Balaban J connectivity index is 1.67. The van der Waals surface area contributed by atoms with E-state index in [1.807, 2.05) is 13.0 Å². The lowest BCUT2D eigenvalue weighted by atomic mass is 10.3. The van der Waals surface area contributed by atoms with Crippen molar-refractivity contribution < 1.29 is 4.42 Å². The molecule has 0 amide bonds. The Hall–Kier alpha value is -1.13. The van der Waals surface area contributed by atoms with Gasteiger partial charge in [-0.1, -0.05) is 0 Å². The third kappa shape index (κ3) is 3.18. The lowest BCUT2D eigenvalue weighted by Gasteiger charge is -2.00. The second-order valence-corrected chi connectivity index (χ2v) is 4.38. The van der Waals surface area contributed by atoms with Gasteiger partial charge in [-0.2, -0.15) is 0 Å². The summed E-state index contributed by atoms with van der Waals surface area (Å²) in [6.45, 7) is 3.85. The molecule has 1 N–H and O–H groups in total. The average molecular weight is 222 g/mol. The van der Waals surface area contributed by atoms with Gasteiger partial charge in [0.25, 0.3) is 0 Å². The molecule has 80 valence electrons. The van der Waals surface area contributed by atoms with Crippen molar-refractivity contribution in [3.8, 4) is 0 Å². The van der Waals surface area contributed by atoms with Crippen molar-refractivity contribution in [3.05, 3.63) is 40.2 Å². The number of hydrogen-bond donors (Lipinski definition) is 1. The lowest BCUT2D eigenvalue weighted by Crippen LogP contribution is -2.16. The van der Waals surface area contributed by atoms with Crippen LogP contribution in [0.3, 0.4) is 0 Å². The summed E-state index contributed by atoms with van der Waals surface area (Å²) in [6.07, 6.45) is 4.46. The van der Waals surface area contributed by atoms with Crippen LogP contribution < -0.4 is 5.32 Å². The molecule has 0 bridgehead atoms. The Kier molecular flexibility index (Phi) is 3.53. The first-order chi connectivity index (χ1) is 7.34. The van der Waals surface area contributed by atoms with Gasteiger partial charge < -0.3 is 9.73 Å². The summed E-state index contributed by atoms with van der Waals surface area (Å²) in [5.74, 6) is 0. The first-order valence-electron chi connectivity index (χ1n) is 4.97. The van der Waals surface area contributed by atoms with Gasteiger partial charge in [-0.25, -0.2) is 4.98 Å². The number of furan rings is 1. The van der Waals surface area contributed by atoms with Gasteiger partial charge in [0.05, 0.1) is 17.5 Å². The van der Waals surface area contributed by atoms with E-state index >= 15 is 0 Å². The third-order valence-corrected chi connectivity index (χ3v) is 3.12. The van der Waals surface area contributed by atoms with Crippen molar-refractivity contribution in [1.82, 2.24) is 10.3 Å². The Morgan fingerprint density at radius 1 is 1.53 bits per heavy atom. The first kappa shape index (κ1) is 10.4. The fourth-order valence-corrected chi connectivity index (χ4v) is 2.11. The molecule has 0 aliphatic carbocycles. The SMILES string of the molecule is Cc1csc(CCNCc2ccoc2)n1. The van der Waals surface area contributed by atoms with E-state index in [1.165, 1.54) is 10.6 Å². The van der Waals surface area contributed by atoms with Crippen LogP contribution in [-0.4, -0.2) is 11.5 Å². The number of hydrogen-bond acceptors (Lipinski definition) is 4. The minimum atomic E-state index is 0.862. The topological polar surface area (TPSA) is 38.1 Å². The minimum absolute atomic E-state index is 0.862. The maximum Gasteiger partial charge on any atom is 0.0947 e. The molecule has 0 aromatic carbocycles. The van der Waals surface area contributed by atoms with Gasteiger partial charge in [-0.15, -0.1) is 11.3 Å². The Bertz CT molecular complexity index is 394. The molecule has 0 fully saturated rings. The Morgan fingerprint density at radius 2 is 2.47 bits per heavy atom. The van der Waals surface area contributed by atoms with Crippen LogP contribution in [0.15, 0.2) is 28.4 Å². The smallest absolute Gasteiger partial charge is 0.0947 e. The van der Waals surface area contributed by atoms with E-state index in [0.717, 1.165) is 25.2 Å². The number of thiazole rings is 1. The maximum atomic E-state index is 4.98. The predicted molar refractivity (Wildman–Crippen MR) is 61.0 cm³/mol. The van der Waals surface area contributed by atoms with Crippen molar-refractivity contribution >= 4 is 11.3 Å². The molecular formula is C11H14N2OS. The summed E-state index contributed by atoms with van der Waals surface area (Å²) in [5, 5.41) is 6.64. The zero-order valence-corrected chi connectivity index (χ0v) is 9.51. The molecule has 15 heavy (non-hydrogen) atoms. The van der Waals surface area contributed by atoms with E-state index in [9.17, 15) is 0 Å². The number of nitrogens with zero attached hydrogens (tertiary/aromatic N) is 1. The van der Waals surface area contributed by atoms with E-state index in [2.05, 4.69) is 15.7 Å². The van der Waals surface area contributed by atoms with E-state index in [0.29, 0.717) is 0 Å². The number of aryl methyl sites for hydroxylation is 1. The number of rotatable bonds is 5. The average Bonchev–Trinajstić information content (AvgIpc) is 2.84. The molecule has 2 rings (SSSR count). The summed E-state index contributed by atoms with van der Waals surface area (Å²) in [6, 6.07) is 1.97. The van der Waals surface area contributed by atoms with Gasteiger partial charge in [-0.05, 0) is 13.0 Å². The second-order valence-electron chi connectivity index (χ2n) is 3.44. The molecule has 0 unspecified atom stereocenters. The van der Waals surface area contributed by atoms with Crippen LogP contribution in [0, 0.1) is 6.92 Å². The second kappa shape index (κ2) is 5.09. The zero-order chi connectivity index (χ0) is 10.5. The highest BCUT2D eigenvalue weighted by Gasteiger charge is 1.98. The highest BCUT2D eigenvalue weighted by Crippen LogP contribution is 2.08. The van der Waals surface area contributed by atoms with Gasteiger partial charge in [0.15, 0.2) is 0 Å². The standard InChI is InChI=1S/C11H14N2OS/c1-9-8-15-11(13-9)2-4-12-6-10-3-5-14-7-10/h3,5,7-8,12H,2,4,6H2,1H3. The van der Waals surface area contributed by atoms with Crippen molar-refractivity contribution in [2.45, 2.75) is 19.9 Å². The lowest BCUT2D eigenvalue weighted by molar-refractivity contribution is 0.560. The monoisotopic (exact) mass is 222 g/mol. The van der Waals surface area contributed by atoms with E-state index < -0.39 is 0 Å². The Labute approximate surface area is 93.2 Å². The molecule has 2 heterocycles. The summed E-state index contributed by atoms with van der Waals surface area (Å²) < 4.78 is 4.98. The molecule has 0 spiro atoms.